The third-order valence-corrected chi connectivity index (χ3v) is 7.32. The molecule has 0 aromatic heterocycles. The number of hydrogen-bond donors (Lipinski definition) is 1. The van der Waals surface area contributed by atoms with Gasteiger partial charge in [-0.2, -0.15) is 0 Å². The molecule has 2 fully saturated rings. The minimum Gasteiger partial charge on any atom is -0.324 e. The molecule has 0 spiro atoms. The number of nitrogens with one attached hydrogen (secondary N) is 1. The van der Waals surface area contributed by atoms with Crippen LogP contribution in [0, 0.1) is 37.5 Å². The van der Waals surface area contributed by atoms with E-state index >= 15 is 0 Å². The average molecular weight is 429 g/mol. The molecule has 5 heteroatoms. The van der Waals surface area contributed by atoms with Gasteiger partial charge in [0.05, 0.1) is 11.8 Å². The quantitative estimate of drug-likeness (QED) is 0.577. The number of carbonyl (C=O) groups is 3. The molecule has 2 aromatic carbocycles. The third-order valence-electron chi connectivity index (χ3n) is 7.32. The number of hydrogen-bond acceptors (Lipinski definition) is 3. The zero-order chi connectivity index (χ0) is 22.4. The van der Waals surface area contributed by atoms with Crippen LogP contribution >= 0.6 is 0 Å². The predicted octanol–water partition coefficient (Wildman–Crippen LogP) is 4.05. The maximum absolute atomic E-state index is 13.5. The summed E-state index contributed by atoms with van der Waals surface area (Å²) in [5.41, 5.74) is 3.69. The lowest BCUT2D eigenvalue weighted by atomic mass is 9.63. The van der Waals surface area contributed by atoms with Crippen molar-refractivity contribution in [2.24, 2.45) is 23.7 Å². The Morgan fingerprint density at radius 1 is 0.969 bits per heavy atom. The summed E-state index contributed by atoms with van der Waals surface area (Å²) < 4.78 is 0. The van der Waals surface area contributed by atoms with Crippen molar-refractivity contribution >= 4 is 23.4 Å². The summed E-state index contributed by atoms with van der Waals surface area (Å²) in [6.07, 6.45) is 6.38. The molecule has 32 heavy (non-hydrogen) atoms. The van der Waals surface area contributed by atoms with Gasteiger partial charge in [0, 0.05) is 12.1 Å². The molecule has 6 rings (SSSR count). The van der Waals surface area contributed by atoms with E-state index in [0.717, 1.165) is 29.5 Å². The topological polar surface area (TPSA) is 66.5 Å². The van der Waals surface area contributed by atoms with Crippen molar-refractivity contribution in [2.45, 2.75) is 39.2 Å². The molecular weight excluding hydrogens is 400 g/mol. The Hall–Kier alpha value is -3.21. The van der Waals surface area contributed by atoms with Gasteiger partial charge in [-0.3, -0.25) is 19.3 Å². The molecule has 2 aromatic rings. The first kappa shape index (κ1) is 20.7. The molecule has 4 aliphatic rings. The van der Waals surface area contributed by atoms with Crippen molar-refractivity contribution in [3.63, 3.8) is 0 Å². The van der Waals surface area contributed by atoms with Gasteiger partial charge < -0.3 is 5.32 Å². The molecule has 164 valence electrons. The molecule has 5 nitrogen and oxygen atoms in total. The summed E-state index contributed by atoms with van der Waals surface area (Å²) >= 11 is 0. The van der Waals surface area contributed by atoms with Crippen molar-refractivity contribution in [1.82, 2.24) is 4.90 Å². The highest BCUT2D eigenvalue weighted by molar-refractivity contribution is 6.10. The minimum absolute atomic E-state index is 0.103. The van der Waals surface area contributed by atoms with Crippen LogP contribution in [0.1, 0.15) is 29.5 Å². The highest BCUT2D eigenvalue weighted by atomic mass is 16.2. The number of aryl methyl sites for hydroxylation is 2. The molecule has 5 atom stereocenters. The first-order valence-corrected chi connectivity index (χ1v) is 11.4. The fourth-order valence-corrected chi connectivity index (χ4v) is 5.71. The fraction of sp³-hybridized carbons (Fsp3) is 0.370. The number of benzene rings is 2. The monoisotopic (exact) mass is 428 g/mol. The largest absolute Gasteiger partial charge is 0.324 e. The molecule has 1 heterocycles. The Morgan fingerprint density at radius 2 is 1.59 bits per heavy atom. The summed E-state index contributed by atoms with van der Waals surface area (Å²) in [4.78, 5) is 41.9. The second kappa shape index (κ2) is 8.05. The van der Waals surface area contributed by atoms with Gasteiger partial charge in [-0.25, -0.2) is 0 Å². The maximum Gasteiger partial charge on any atom is 0.248 e. The second-order valence-electron chi connectivity index (χ2n) is 9.40. The predicted molar refractivity (Wildman–Crippen MR) is 123 cm³/mol. The Balaban J connectivity index is 1.48. The van der Waals surface area contributed by atoms with E-state index in [1.165, 1.54) is 4.90 Å². The number of fused-ring (bicyclic) bond motifs is 1. The van der Waals surface area contributed by atoms with Gasteiger partial charge in [-0.15, -0.1) is 0 Å². The lowest BCUT2D eigenvalue weighted by Crippen LogP contribution is -2.49. The summed E-state index contributed by atoms with van der Waals surface area (Å²) in [6.45, 7) is 3.95. The van der Waals surface area contributed by atoms with Crippen LogP contribution in [0.25, 0.3) is 0 Å². The summed E-state index contributed by atoms with van der Waals surface area (Å²) in [5.74, 6) is -1.12. The van der Waals surface area contributed by atoms with Crippen LogP contribution in [0.15, 0.2) is 60.7 Å². The van der Waals surface area contributed by atoms with Gasteiger partial charge in [0.25, 0.3) is 0 Å². The molecule has 3 aliphatic carbocycles. The van der Waals surface area contributed by atoms with Crippen LogP contribution < -0.4 is 5.32 Å². The molecule has 3 amide bonds. The van der Waals surface area contributed by atoms with Crippen molar-refractivity contribution < 1.29 is 14.4 Å². The molecule has 1 aliphatic heterocycles. The number of imide groups is 1. The van der Waals surface area contributed by atoms with E-state index < -0.39 is 6.04 Å². The molecule has 0 radical (unpaired) electrons. The minimum atomic E-state index is -0.872. The van der Waals surface area contributed by atoms with Gasteiger partial charge in [-0.05, 0) is 55.7 Å². The van der Waals surface area contributed by atoms with E-state index in [-0.39, 0.29) is 41.4 Å². The lowest BCUT2D eigenvalue weighted by molar-refractivity contribution is -0.146. The number of amides is 3. The van der Waals surface area contributed by atoms with Crippen LogP contribution in [-0.2, 0) is 20.8 Å². The second-order valence-corrected chi connectivity index (χ2v) is 9.40. The van der Waals surface area contributed by atoms with Crippen LogP contribution in [0.5, 0.6) is 0 Å². The number of likely N-dealkylation sites (tertiary alicyclic amines) is 1. The molecule has 1 saturated carbocycles. The van der Waals surface area contributed by atoms with Crippen LogP contribution in [0.3, 0.4) is 0 Å². The van der Waals surface area contributed by atoms with E-state index in [1.807, 2.05) is 62.4 Å². The molecule has 1 saturated heterocycles. The lowest BCUT2D eigenvalue weighted by Gasteiger charge is -2.38. The summed E-state index contributed by atoms with van der Waals surface area (Å²) in [7, 11) is 0. The van der Waals surface area contributed by atoms with Crippen LogP contribution in [0.2, 0.25) is 0 Å². The normalized spacial score (nSPS) is 26.9. The third kappa shape index (κ3) is 3.46. The summed E-state index contributed by atoms with van der Waals surface area (Å²) in [6, 6.07) is 14.5. The van der Waals surface area contributed by atoms with E-state index in [4.69, 9.17) is 0 Å². The Labute approximate surface area is 188 Å². The van der Waals surface area contributed by atoms with Gasteiger partial charge in [0.15, 0.2) is 0 Å². The number of anilines is 1. The fourth-order valence-electron chi connectivity index (χ4n) is 5.71. The van der Waals surface area contributed by atoms with Crippen LogP contribution in [0.4, 0.5) is 5.69 Å². The Kier molecular flexibility index (Phi) is 5.20. The molecule has 1 N–H and O–H groups in total. The molecule has 2 bridgehead atoms. The molecule has 0 unspecified atom stereocenters. The standard InChI is InChI=1S/C27H28N2O3/c1-16-8-13-21(17(2)14-16)28-25(30)22(15-18-6-4-3-5-7-18)29-26(31)23-19-9-10-20(12-11-19)24(23)27(29)32/h3-10,13-14,19-20,22-24H,11-12,15H2,1-2H3,(H,28,30)/t19-,20-,22+,23-,24+/m0/s1. The summed E-state index contributed by atoms with van der Waals surface area (Å²) in [5, 5.41) is 2.99. The number of nitrogens with zero attached hydrogens (tertiary/aromatic N) is 1. The van der Waals surface area contributed by atoms with Crippen molar-refractivity contribution in [3.8, 4) is 0 Å². The van der Waals surface area contributed by atoms with Gasteiger partial charge in [-0.1, -0.05) is 60.2 Å². The SMILES string of the molecule is Cc1ccc(NC(=O)[C@@H](Cc2ccccc2)N2C(=O)[C@@H]3[C@H](C2=O)[C@H]2C=C[C@H]3CC2)c(C)c1. The zero-order valence-electron chi connectivity index (χ0n) is 18.5. The van der Waals surface area contributed by atoms with E-state index in [9.17, 15) is 14.4 Å². The van der Waals surface area contributed by atoms with Gasteiger partial charge in [0.1, 0.15) is 6.04 Å². The van der Waals surface area contributed by atoms with E-state index in [1.54, 1.807) is 0 Å². The van der Waals surface area contributed by atoms with Gasteiger partial charge in [0.2, 0.25) is 17.7 Å². The van der Waals surface area contributed by atoms with Crippen LogP contribution in [-0.4, -0.2) is 28.7 Å². The van der Waals surface area contributed by atoms with E-state index in [2.05, 4.69) is 17.5 Å². The number of carbonyl (C=O) groups excluding carboxylic acids is 3. The maximum atomic E-state index is 13.5. The van der Waals surface area contributed by atoms with Gasteiger partial charge >= 0.3 is 0 Å². The van der Waals surface area contributed by atoms with Crippen molar-refractivity contribution in [2.75, 3.05) is 5.32 Å². The zero-order valence-corrected chi connectivity index (χ0v) is 18.5. The number of rotatable bonds is 5. The first-order valence-electron chi connectivity index (χ1n) is 11.4. The van der Waals surface area contributed by atoms with Crippen molar-refractivity contribution in [1.29, 1.82) is 0 Å². The highest BCUT2D eigenvalue weighted by Gasteiger charge is 2.58. The average Bonchev–Trinajstić information content (AvgIpc) is 3.08. The Bertz CT molecular complexity index is 1080. The number of allylic oxidation sites excluding steroid dienone is 2. The highest BCUT2D eigenvalue weighted by Crippen LogP contribution is 2.50. The molecular formula is C27H28N2O3. The Morgan fingerprint density at radius 3 is 2.16 bits per heavy atom. The first-order chi connectivity index (χ1) is 15.4. The van der Waals surface area contributed by atoms with E-state index in [0.29, 0.717) is 12.1 Å². The van der Waals surface area contributed by atoms with Crippen molar-refractivity contribution in [3.05, 3.63) is 77.4 Å². The smallest absolute Gasteiger partial charge is 0.248 e.